The van der Waals surface area contributed by atoms with Crippen LogP contribution >= 0.6 is 22.9 Å². The number of halogens is 1. The minimum Gasteiger partial charge on any atom is -0.493 e. The van der Waals surface area contributed by atoms with Crippen molar-refractivity contribution in [2.45, 2.75) is 6.61 Å². The Morgan fingerprint density at radius 2 is 1.83 bits per heavy atom. The minimum absolute atomic E-state index is 0.131. The predicted octanol–water partition coefficient (Wildman–Crippen LogP) is 3.95. The van der Waals surface area contributed by atoms with Crippen molar-refractivity contribution in [3.63, 3.8) is 0 Å². The second kappa shape index (κ2) is 9.37. The van der Waals surface area contributed by atoms with E-state index in [0.717, 1.165) is 17.4 Å². The lowest BCUT2D eigenvalue weighted by atomic mass is 10.1. The summed E-state index contributed by atoms with van der Waals surface area (Å²) in [6, 6.07) is 9.17. The Morgan fingerprint density at radius 3 is 2.47 bits per heavy atom. The van der Waals surface area contributed by atoms with Gasteiger partial charge in [-0.05, 0) is 24.3 Å². The number of aromatic nitrogens is 2. The zero-order valence-electron chi connectivity index (χ0n) is 15.7. The molecule has 1 amide bonds. The predicted molar refractivity (Wildman–Crippen MR) is 110 cm³/mol. The number of amides is 1. The minimum atomic E-state index is -0.732. The SMILES string of the molecule is COc1cc(C(=O)Nc2nnc(COc3ccc(Cl)cc3)s2)c([N+](=O)[O-])cc1OC. The van der Waals surface area contributed by atoms with Crippen LogP contribution in [-0.2, 0) is 6.61 Å². The summed E-state index contributed by atoms with van der Waals surface area (Å²) < 4.78 is 15.7. The van der Waals surface area contributed by atoms with E-state index in [-0.39, 0.29) is 28.8 Å². The first-order valence-corrected chi connectivity index (χ1v) is 9.53. The highest BCUT2D eigenvalue weighted by atomic mass is 35.5. The van der Waals surface area contributed by atoms with Gasteiger partial charge in [-0.15, -0.1) is 10.2 Å². The molecule has 0 aliphatic carbocycles. The molecular formula is C18H15ClN4O6S. The first kappa shape index (κ1) is 21.3. The molecule has 3 rings (SSSR count). The number of nitrogens with zero attached hydrogens (tertiary/aromatic N) is 3. The van der Waals surface area contributed by atoms with Crippen LogP contribution in [0.3, 0.4) is 0 Å². The molecule has 3 aromatic rings. The van der Waals surface area contributed by atoms with Crippen molar-refractivity contribution in [2.24, 2.45) is 0 Å². The fourth-order valence-corrected chi connectivity index (χ4v) is 3.18. The van der Waals surface area contributed by atoms with Gasteiger partial charge in [0.05, 0.1) is 25.2 Å². The third kappa shape index (κ3) is 4.93. The first-order chi connectivity index (χ1) is 14.4. The molecule has 0 aliphatic heterocycles. The fourth-order valence-electron chi connectivity index (χ4n) is 2.40. The van der Waals surface area contributed by atoms with Gasteiger partial charge in [-0.2, -0.15) is 0 Å². The number of nitro groups is 1. The van der Waals surface area contributed by atoms with Crippen LogP contribution in [0.25, 0.3) is 0 Å². The summed E-state index contributed by atoms with van der Waals surface area (Å²) in [5.74, 6) is 0.186. The van der Waals surface area contributed by atoms with Gasteiger partial charge in [-0.3, -0.25) is 20.2 Å². The van der Waals surface area contributed by atoms with E-state index in [4.69, 9.17) is 25.8 Å². The molecule has 30 heavy (non-hydrogen) atoms. The van der Waals surface area contributed by atoms with Crippen LogP contribution in [0.5, 0.6) is 17.2 Å². The molecule has 12 heteroatoms. The number of ether oxygens (including phenoxy) is 3. The van der Waals surface area contributed by atoms with E-state index in [9.17, 15) is 14.9 Å². The largest absolute Gasteiger partial charge is 0.493 e. The van der Waals surface area contributed by atoms with Gasteiger partial charge in [0.2, 0.25) is 5.13 Å². The number of benzene rings is 2. The number of rotatable bonds is 8. The lowest BCUT2D eigenvalue weighted by Crippen LogP contribution is -2.14. The van der Waals surface area contributed by atoms with E-state index < -0.39 is 16.5 Å². The molecule has 2 aromatic carbocycles. The highest BCUT2D eigenvalue weighted by Gasteiger charge is 2.25. The van der Waals surface area contributed by atoms with Gasteiger partial charge in [-0.25, -0.2) is 0 Å². The lowest BCUT2D eigenvalue weighted by Gasteiger charge is -2.10. The molecular weight excluding hydrogens is 436 g/mol. The number of methoxy groups -OCH3 is 2. The zero-order chi connectivity index (χ0) is 21.7. The van der Waals surface area contributed by atoms with Gasteiger partial charge < -0.3 is 14.2 Å². The number of carbonyl (C=O) groups is 1. The Kier molecular flexibility index (Phi) is 6.65. The summed E-state index contributed by atoms with van der Waals surface area (Å²) in [6.07, 6.45) is 0. The second-order valence-electron chi connectivity index (χ2n) is 5.68. The van der Waals surface area contributed by atoms with Crippen LogP contribution in [0, 0.1) is 10.1 Å². The highest BCUT2D eigenvalue weighted by molar-refractivity contribution is 7.15. The van der Waals surface area contributed by atoms with Gasteiger partial charge in [-0.1, -0.05) is 22.9 Å². The summed E-state index contributed by atoms with van der Waals surface area (Å²) in [7, 11) is 2.71. The van der Waals surface area contributed by atoms with Crippen LogP contribution in [0.1, 0.15) is 15.4 Å². The molecule has 0 atom stereocenters. The van der Waals surface area contributed by atoms with Crippen molar-refractivity contribution in [3.05, 3.63) is 62.1 Å². The summed E-state index contributed by atoms with van der Waals surface area (Å²) in [5, 5.41) is 22.9. The normalized spacial score (nSPS) is 10.4. The number of nitro benzene ring substituents is 1. The van der Waals surface area contributed by atoms with Gasteiger partial charge in [0, 0.05) is 11.1 Å². The molecule has 0 saturated heterocycles. The summed E-state index contributed by atoms with van der Waals surface area (Å²) >= 11 is 6.90. The molecule has 0 spiro atoms. The smallest absolute Gasteiger partial charge is 0.286 e. The summed E-state index contributed by atoms with van der Waals surface area (Å²) in [5.41, 5.74) is -0.632. The van der Waals surface area contributed by atoms with Crippen molar-refractivity contribution in [1.82, 2.24) is 10.2 Å². The summed E-state index contributed by atoms with van der Waals surface area (Å²) in [4.78, 5) is 23.3. The van der Waals surface area contributed by atoms with E-state index in [1.807, 2.05) is 0 Å². The highest BCUT2D eigenvalue weighted by Crippen LogP contribution is 2.35. The van der Waals surface area contributed by atoms with E-state index in [0.29, 0.717) is 15.8 Å². The Labute approximate surface area is 179 Å². The molecule has 0 bridgehead atoms. The third-order valence-corrected chi connectivity index (χ3v) is 4.87. The molecule has 0 radical (unpaired) electrons. The van der Waals surface area contributed by atoms with Crippen molar-refractivity contribution in [3.8, 4) is 17.2 Å². The van der Waals surface area contributed by atoms with Crippen LogP contribution < -0.4 is 19.5 Å². The standard InChI is InChI=1S/C18H15ClN4O6S/c1-27-14-7-12(13(23(25)26)8-15(14)28-2)17(24)20-18-22-21-16(30-18)9-29-11-5-3-10(19)4-6-11/h3-8H,9H2,1-2H3,(H,20,22,24). The molecule has 0 aliphatic rings. The second-order valence-corrected chi connectivity index (χ2v) is 7.18. The zero-order valence-corrected chi connectivity index (χ0v) is 17.3. The maximum absolute atomic E-state index is 12.6. The van der Waals surface area contributed by atoms with Crippen molar-refractivity contribution in [2.75, 3.05) is 19.5 Å². The fraction of sp³-hybridized carbons (Fsp3) is 0.167. The summed E-state index contributed by atoms with van der Waals surface area (Å²) in [6.45, 7) is 0.131. The van der Waals surface area contributed by atoms with Crippen LogP contribution in [0.2, 0.25) is 5.02 Å². The quantitative estimate of drug-likeness (QED) is 0.404. The van der Waals surface area contributed by atoms with Gasteiger partial charge in [0.15, 0.2) is 16.5 Å². The van der Waals surface area contributed by atoms with Crippen LogP contribution in [-0.4, -0.2) is 35.2 Å². The van der Waals surface area contributed by atoms with E-state index in [1.54, 1.807) is 24.3 Å². The van der Waals surface area contributed by atoms with Crippen molar-refractivity contribution in [1.29, 1.82) is 0 Å². The molecule has 0 unspecified atom stereocenters. The molecule has 156 valence electrons. The molecule has 0 saturated carbocycles. The number of anilines is 1. The number of carbonyl (C=O) groups excluding carboxylic acids is 1. The first-order valence-electron chi connectivity index (χ1n) is 8.33. The van der Waals surface area contributed by atoms with Crippen molar-refractivity contribution >= 4 is 39.7 Å². The monoisotopic (exact) mass is 450 g/mol. The maximum Gasteiger partial charge on any atom is 0.286 e. The maximum atomic E-state index is 12.6. The molecule has 10 nitrogen and oxygen atoms in total. The lowest BCUT2D eigenvalue weighted by molar-refractivity contribution is -0.385. The Bertz CT molecular complexity index is 1070. The molecule has 1 aromatic heterocycles. The van der Waals surface area contributed by atoms with E-state index in [1.165, 1.54) is 20.3 Å². The van der Waals surface area contributed by atoms with E-state index >= 15 is 0 Å². The van der Waals surface area contributed by atoms with Crippen molar-refractivity contribution < 1.29 is 23.9 Å². The average Bonchev–Trinajstić information content (AvgIpc) is 3.19. The van der Waals surface area contributed by atoms with E-state index in [2.05, 4.69) is 15.5 Å². The molecule has 1 N–H and O–H groups in total. The van der Waals surface area contributed by atoms with Gasteiger partial charge in [0.1, 0.15) is 17.9 Å². The van der Waals surface area contributed by atoms with Gasteiger partial charge in [0.25, 0.3) is 11.6 Å². The third-order valence-electron chi connectivity index (χ3n) is 3.81. The average molecular weight is 451 g/mol. The Balaban J connectivity index is 1.73. The number of hydrogen-bond donors (Lipinski definition) is 1. The number of nitrogens with one attached hydrogen (secondary N) is 1. The Hall–Kier alpha value is -3.44. The Morgan fingerprint density at radius 1 is 1.17 bits per heavy atom. The van der Waals surface area contributed by atoms with Crippen LogP contribution in [0.15, 0.2) is 36.4 Å². The molecule has 1 heterocycles. The van der Waals surface area contributed by atoms with Crippen LogP contribution in [0.4, 0.5) is 10.8 Å². The number of hydrogen-bond acceptors (Lipinski definition) is 9. The molecule has 0 fully saturated rings. The van der Waals surface area contributed by atoms with Gasteiger partial charge >= 0.3 is 0 Å². The topological polar surface area (TPSA) is 126 Å².